The Hall–Kier alpha value is -4.20. The fraction of sp³-hybridized carbons (Fsp3) is 0.167. The molecular formula is C24H21N3O5. The molecule has 0 unspecified atom stereocenters. The van der Waals surface area contributed by atoms with E-state index in [1.807, 2.05) is 37.3 Å². The standard InChI is InChI=1S/C24H21N3O5/c1-2-32-18-6-3-15(4-7-18)13-16-11-12-27-23(16)26-20-14-17(5-8-19(20)24(27)31)25-21(28)9-10-22(29)30/h3-10,13-14H,2,11-12H2,1H3,(H,25,28)(H,29,30)/b10-9+,16-13?. The molecule has 0 saturated carbocycles. The van der Waals surface area contributed by atoms with Gasteiger partial charge >= 0.3 is 5.97 Å². The van der Waals surface area contributed by atoms with Gasteiger partial charge in [0.1, 0.15) is 11.6 Å². The molecule has 32 heavy (non-hydrogen) atoms. The second-order valence-corrected chi connectivity index (χ2v) is 7.21. The molecule has 1 aliphatic heterocycles. The van der Waals surface area contributed by atoms with Crippen LogP contribution in [-0.4, -0.2) is 33.1 Å². The van der Waals surface area contributed by atoms with Crippen LogP contribution < -0.4 is 15.6 Å². The van der Waals surface area contributed by atoms with Crippen molar-refractivity contribution in [1.29, 1.82) is 0 Å². The van der Waals surface area contributed by atoms with Gasteiger partial charge in [0, 0.05) is 24.4 Å². The number of anilines is 1. The van der Waals surface area contributed by atoms with Crippen molar-refractivity contribution in [3.8, 4) is 5.75 Å². The average molecular weight is 431 g/mol. The number of carbonyl (C=O) groups excluding carboxylic acids is 1. The summed E-state index contributed by atoms with van der Waals surface area (Å²) in [7, 11) is 0. The molecule has 0 saturated heterocycles. The third-order valence-electron chi connectivity index (χ3n) is 5.02. The summed E-state index contributed by atoms with van der Waals surface area (Å²) in [6.07, 6.45) is 4.38. The Bertz CT molecular complexity index is 1320. The van der Waals surface area contributed by atoms with Crippen LogP contribution in [0, 0.1) is 0 Å². The maximum atomic E-state index is 13.0. The molecule has 1 aliphatic rings. The van der Waals surface area contributed by atoms with Gasteiger partial charge in [-0.3, -0.25) is 14.2 Å². The summed E-state index contributed by atoms with van der Waals surface area (Å²) in [5.74, 6) is -0.392. The zero-order valence-corrected chi connectivity index (χ0v) is 17.4. The molecule has 8 heteroatoms. The number of hydrogen-bond acceptors (Lipinski definition) is 5. The Labute approximate surface area is 183 Å². The lowest BCUT2D eigenvalue weighted by Gasteiger charge is -2.08. The van der Waals surface area contributed by atoms with Crippen molar-refractivity contribution in [2.24, 2.45) is 0 Å². The number of aromatic nitrogens is 2. The number of nitrogens with zero attached hydrogens (tertiary/aromatic N) is 2. The summed E-state index contributed by atoms with van der Waals surface area (Å²) in [6, 6.07) is 12.5. The number of fused-ring (bicyclic) bond motifs is 2. The van der Waals surface area contributed by atoms with E-state index in [1.54, 1.807) is 22.8 Å². The van der Waals surface area contributed by atoms with E-state index in [-0.39, 0.29) is 5.56 Å². The van der Waals surface area contributed by atoms with Crippen LogP contribution >= 0.6 is 0 Å². The van der Waals surface area contributed by atoms with Crippen molar-refractivity contribution in [1.82, 2.24) is 9.55 Å². The zero-order valence-electron chi connectivity index (χ0n) is 17.4. The number of hydrogen-bond donors (Lipinski definition) is 2. The van der Waals surface area contributed by atoms with Crippen LogP contribution in [0.3, 0.4) is 0 Å². The zero-order chi connectivity index (χ0) is 22.7. The van der Waals surface area contributed by atoms with E-state index in [9.17, 15) is 14.4 Å². The summed E-state index contributed by atoms with van der Waals surface area (Å²) in [5.41, 5.74) is 2.68. The summed E-state index contributed by atoms with van der Waals surface area (Å²) in [4.78, 5) is 40.1. The fourth-order valence-electron chi connectivity index (χ4n) is 3.59. The van der Waals surface area contributed by atoms with Crippen LogP contribution in [0.2, 0.25) is 0 Å². The van der Waals surface area contributed by atoms with Crippen molar-refractivity contribution in [2.45, 2.75) is 19.9 Å². The molecule has 162 valence electrons. The topological polar surface area (TPSA) is 111 Å². The lowest BCUT2D eigenvalue weighted by atomic mass is 10.1. The monoisotopic (exact) mass is 431 g/mol. The molecule has 3 aromatic rings. The molecule has 8 nitrogen and oxygen atoms in total. The number of carboxylic acids is 1. The third kappa shape index (κ3) is 4.44. The highest BCUT2D eigenvalue weighted by atomic mass is 16.5. The van der Waals surface area contributed by atoms with Crippen molar-refractivity contribution in [2.75, 3.05) is 11.9 Å². The smallest absolute Gasteiger partial charge is 0.328 e. The van der Waals surface area contributed by atoms with Gasteiger partial charge in [-0.15, -0.1) is 0 Å². The molecule has 0 spiro atoms. The number of allylic oxidation sites excluding steroid dienone is 1. The molecule has 0 fully saturated rings. The lowest BCUT2D eigenvalue weighted by Crippen LogP contribution is -2.21. The number of ether oxygens (including phenoxy) is 1. The van der Waals surface area contributed by atoms with Gasteiger partial charge in [-0.25, -0.2) is 9.78 Å². The van der Waals surface area contributed by atoms with Crippen LogP contribution in [0.25, 0.3) is 22.6 Å². The average Bonchev–Trinajstić information content (AvgIpc) is 3.16. The maximum Gasteiger partial charge on any atom is 0.328 e. The van der Waals surface area contributed by atoms with E-state index in [1.165, 1.54) is 0 Å². The minimum absolute atomic E-state index is 0.135. The fourth-order valence-corrected chi connectivity index (χ4v) is 3.59. The van der Waals surface area contributed by atoms with Crippen molar-refractivity contribution in [3.63, 3.8) is 0 Å². The van der Waals surface area contributed by atoms with Crippen molar-refractivity contribution < 1.29 is 19.4 Å². The number of benzene rings is 2. The van der Waals surface area contributed by atoms with Gasteiger partial charge in [0.15, 0.2) is 0 Å². The minimum Gasteiger partial charge on any atom is -0.494 e. The number of rotatable bonds is 6. The molecular weight excluding hydrogens is 410 g/mol. The summed E-state index contributed by atoms with van der Waals surface area (Å²) in [6.45, 7) is 3.09. The van der Waals surface area contributed by atoms with Gasteiger partial charge in [-0.1, -0.05) is 12.1 Å². The summed E-state index contributed by atoms with van der Waals surface area (Å²) in [5, 5.41) is 11.7. The molecule has 2 heterocycles. The van der Waals surface area contributed by atoms with Gasteiger partial charge in [0.05, 0.1) is 17.5 Å². The van der Waals surface area contributed by atoms with E-state index in [4.69, 9.17) is 9.84 Å². The Morgan fingerprint density at radius 2 is 1.97 bits per heavy atom. The van der Waals surface area contributed by atoms with Gasteiger partial charge in [-0.05, 0) is 60.9 Å². The third-order valence-corrected chi connectivity index (χ3v) is 5.02. The molecule has 2 N–H and O–H groups in total. The quantitative estimate of drug-likeness (QED) is 0.580. The molecule has 0 atom stereocenters. The van der Waals surface area contributed by atoms with Gasteiger partial charge in [0.25, 0.3) is 5.56 Å². The van der Waals surface area contributed by atoms with E-state index in [2.05, 4.69) is 10.3 Å². The predicted octanol–water partition coefficient (Wildman–Crippen LogP) is 3.32. The van der Waals surface area contributed by atoms with Gasteiger partial charge < -0.3 is 15.2 Å². The highest BCUT2D eigenvalue weighted by Crippen LogP contribution is 2.28. The summed E-state index contributed by atoms with van der Waals surface area (Å²) >= 11 is 0. The number of amides is 1. The summed E-state index contributed by atoms with van der Waals surface area (Å²) < 4.78 is 7.14. The Morgan fingerprint density at radius 1 is 1.19 bits per heavy atom. The van der Waals surface area contributed by atoms with Gasteiger partial charge in [-0.2, -0.15) is 0 Å². The van der Waals surface area contributed by atoms with Crippen molar-refractivity contribution in [3.05, 3.63) is 76.4 Å². The number of carboxylic acid groups (broad SMARTS) is 1. The second kappa shape index (κ2) is 8.89. The van der Waals surface area contributed by atoms with Crippen molar-refractivity contribution >= 4 is 40.1 Å². The van der Waals surface area contributed by atoms with E-state index in [0.717, 1.165) is 29.0 Å². The molecule has 2 aromatic carbocycles. The largest absolute Gasteiger partial charge is 0.494 e. The Morgan fingerprint density at radius 3 is 2.69 bits per heavy atom. The molecule has 1 aromatic heterocycles. The maximum absolute atomic E-state index is 13.0. The molecule has 0 radical (unpaired) electrons. The van der Waals surface area contributed by atoms with Crippen LogP contribution in [0.1, 0.15) is 24.7 Å². The first kappa shape index (κ1) is 21.0. The number of carbonyl (C=O) groups is 2. The Balaban J connectivity index is 1.67. The van der Waals surface area contributed by atoms with E-state index >= 15 is 0 Å². The van der Waals surface area contributed by atoms with Gasteiger partial charge in [0.2, 0.25) is 5.91 Å². The van der Waals surface area contributed by atoms with E-state index in [0.29, 0.717) is 42.0 Å². The lowest BCUT2D eigenvalue weighted by molar-refractivity contribution is -0.131. The highest BCUT2D eigenvalue weighted by Gasteiger charge is 2.21. The minimum atomic E-state index is -1.21. The Kier molecular flexibility index (Phi) is 5.85. The van der Waals surface area contributed by atoms with Crippen LogP contribution in [0.5, 0.6) is 5.75 Å². The molecule has 0 bridgehead atoms. The van der Waals surface area contributed by atoms with Crippen LogP contribution in [0.4, 0.5) is 5.69 Å². The normalized spacial score (nSPS) is 14.1. The first-order valence-electron chi connectivity index (χ1n) is 10.1. The SMILES string of the molecule is CCOc1ccc(C=C2CCn3c2nc2cc(NC(=O)/C=C/C(=O)O)ccc2c3=O)cc1. The first-order chi connectivity index (χ1) is 15.4. The molecule has 0 aliphatic carbocycles. The first-order valence-corrected chi connectivity index (χ1v) is 10.1. The highest BCUT2D eigenvalue weighted by molar-refractivity contribution is 6.03. The predicted molar refractivity (Wildman–Crippen MR) is 122 cm³/mol. The second-order valence-electron chi connectivity index (χ2n) is 7.21. The number of nitrogens with one attached hydrogen (secondary N) is 1. The van der Waals surface area contributed by atoms with E-state index < -0.39 is 11.9 Å². The van der Waals surface area contributed by atoms with Crippen LogP contribution in [-0.2, 0) is 16.1 Å². The molecule has 4 rings (SSSR count). The number of aliphatic carboxylic acids is 1. The van der Waals surface area contributed by atoms with Crippen LogP contribution in [0.15, 0.2) is 59.4 Å². The molecule has 1 amide bonds.